The van der Waals surface area contributed by atoms with E-state index in [4.69, 9.17) is 4.74 Å². The number of halogens is 1. The minimum absolute atomic E-state index is 0.0738. The molecule has 0 saturated carbocycles. The summed E-state index contributed by atoms with van der Waals surface area (Å²) >= 11 is 3.36. The van der Waals surface area contributed by atoms with Crippen molar-refractivity contribution in [1.29, 1.82) is 0 Å². The maximum absolute atomic E-state index is 11.4. The van der Waals surface area contributed by atoms with Crippen LogP contribution in [0.5, 0.6) is 0 Å². The SMILES string of the molecule is CC1CCC(CC(C(=O)O)c2ccc(Br)cc2)O1. The van der Waals surface area contributed by atoms with Gasteiger partial charge < -0.3 is 9.84 Å². The third-order valence-electron chi connectivity index (χ3n) is 3.39. The van der Waals surface area contributed by atoms with E-state index in [2.05, 4.69) is 15.9 Å². The molecule has 0 spiro atoms. The molecule has 2 rings (SSSR count). The number of aliphatic carboxylic acids is 1. The first-order valence-corrected chi connectivity index (χ1v) is 6.99. The number of carbonyl (C=O) groups is 1. The summed E-state index contributed by atoms with van der Waals surface area (Å²) in [5, 5.41) is 9.35. The summed E-state index contributed by atoms with van der Waals surface area (Å²) in [4.78, 5) is 11.4. The van der Waals surface area contributed by atoms with E-state index >= 15 is 0 Å². The predicted octanol–water partition coefficient (Wildman–Crippen LogP) is 3.57. The molecular formula is C14H17BrO3. The lowest BCUT2D eigenvalue weighted by Crippen LogP contribution is -2.19. The quantitative estimate of drug-likeness (QED) is 0.924. The van der Waals surface area contributed by atoms with E-state index in [1.807, 2.05) is 31.2 Å². The second-order valence-corrected chi connectivity index (χ2v) is 5.74. The molecule has 1 aromatic carbocycles. The Labute approximate surface area is 115 Å². The maximum Gasteiger partial charge on any atom is 0.311 e. The zero-order chi connectivity index (χ0) is 13.1. The average Bonchev–Trinajstić information content (AvgIpc) is 2.73. The third kappa shape index (κ3) is 3.33. The van der Waals surface area contributed by atoms with Crippen molar-refractivity contribution in [3.05, 3.63) is 34.3 Å². The van der Waals surface area contributed by atoms with Crippen LogP contribution in [0.3, 0.4) is 0 Å². The second kappa shape index (κ2) is 5.85. The van der Waals surface area contributed by atoms with Gasteiger partial charge in [-0.3, -0.25) is 4.79 Å². The number of carboxylic acid groups (broad SMARTS) is 1. The van der Waals surface area contributed by atoms with E-state index in [9.17, 15) is 9.90 Å². The number of hydrogen-bond acceptors (Lipinski definition) is 2. The highest BCUT2D eigenvalue weighted by Gasteiger charge is 2.29. The highest BCUT2D eigenvalue weighted by atomic mass is 79.9. The summed E-state index contributed by atoms with van der Waals surface area (Å²) in [6.07, 6.45) is 2.87. The summed E-state index contributed by atoms with van der Waals surface area (Å²) in [6, 6.07) is 7.48. The lowest BCUT2D eigenvalue weighted by molar-refractivity contribution is -0.139. The van der Waals surface area contributed by atoms with Crippen molar-refractivity contribution in [3.63, 3.8) is 0 Å². The average molecular weight is 313 g/mol. The molecule has 1 aliphatic heterocycles. The fourth-order valence-electron chi connectivity index (χ4n) is 2.40. The monoisotopic (exact) mass is 312 g/mol. The summed E-state index contributed by atoms with van der Waals surface area (Å²) in [5.41, 5.74) is 0.842. The molecule has 1 aliphatic rings. The van der Waals surface area contributed by atoms with Crippen molar-refractivity contribution in [3.8, 4) is 0 Å². The Kier molecular flexibility index (Phi) is 4.40. The molecule has 98 valence electrons. The molecule has 3 nitrogen and oxygen atoms in total. The highest BCUT2D eigenvalue weighted by Crippen LogP contribution is 2.30. The van der Waals surface area contributed by atoms with Gasteiger partial charge in [0.25, 0.3) is 0 Å². The Morgan fingerprint density at radius 2 is 2.11 bits per heavy atom. The molecule has 1 heterocycles. The van der Waals surface area contributed by atoms with Crippen LogP contribution in [0, 0.1) is 0 Å². The molecule has 1 saturated heterocycles. The molecule has 1 aromatic rings. The van der Waals surface area contributed by atoms with Gasteiger partial charge in [0.15, 0.2) is 0 Å². The molecule has 0 amide bonds. The van der Waals surface area contributed by atoms with Crippen molar-refractivity contribution < 1.29 is 14.6 Å². The van der Waals surface area contributed by atoms with Crippen molar-refractivity contribution in [1.82, 2.24) is 0 Å². The Bertz CT molecular complexity index is 416. The predicted molar refractivity (Wildman–Crippen MR) is 72.7 cm³/mol. The van der Waals surface area contributed by atoms with E-state index in [-0.39, 0.29) is 12.2 Å². The van der Waals surface area contributed by atoms with Crippen LogP contribution in [0.2, 0.25) is 0 Å². The number of carboxylic acids is 1. The Morgan fingerprint density at radius 1 is 1.44 bits per heavy atom. The van der Waals surface area contributed by atoms with Crippen molar-refractivity contribution in [2.24, 2.45) is 0 Å². The Balaban J connectivity index is 2.08. The first kappa shape index (κ1) is 13.6. The van der Waals surface area contributed by atoms with E-state index in [0.29, 0.717) is 6.42 Å². The molecule has 3 atom stereocenters. The minimum atomic E-state index is -0.777. The van der Waals surface area contributed by atoms with Crippen LogP contribution in [0.4, 0.5) is 0 Å². The Hall–Kier alpha value is -0.870. The molecular weight excluding hydrogens is 296 g/mol. The first-order chi connectivity index (χ1) is 8.56. The maximum atomic E-state index is 11.4. The molecule has 1 N–H and O–H groups in total. The largest absolute Gasteiger partial charge is 0.481 e. The summed E-state index contributed by atoms with van der Waals surface area (Å²) in [7, 11) is 0. The third-order valence-corrected chi connectivity index (χ3v) is 3.92. The summed E-state index contributed by atoms with van der Waals surface area (Å²) < 4.78 is 6.67. The van der Waals surface area contributed by atoms with Gasteiger partial charge in [-0.2, -0.15) is 0 Å². The van der Waals surface area contributed by atoms with E-state index < -0.39 is 11.9 Å². The zero-order valence-corrected chi connectivity index (χ0v) is 11.9. The summed E-state index contributed by atoms with van der Waals surface area (Å²) in [5.74, 6) is -1.26. The van der Waals surface area contributed by atoms with Crippen LogP contribution in [0.1, 0.15) is 37.7 Å². The lowest BCUT2D eigenvalue weighted by Gasteiger charge is -2.17. The standard InChI is InChI=1S/C14H17BrO3/c1-9-2-7-12(18-9)8-13(14(16)17)10-3-5-11(15)6-4-10/h3-6,9,12-13H,2,7-8H2,1H3,(H,16,17). The second-order valence-electron chi connectivity index (χ2n) is 4.82. The molecule has 18 heavy (non-hydrogen) atoms. The van der Waals surface area contributed by atoms with Gasteiger partial charge >= 0.3 is 5.97 Å². The van der Waals surface area contributed by atoms with Crippen LogP contribution in [-0.4, -0.2) is 23.3 Å². The molecule has 0 aromatic heterocycles. The van der Waals surface area contributed by atoms with Crippen LogP contribution in [0.15, 0.2) is 28.7 Å². The molecule has 4 heteroatoms. The van der Waals surface area contributed by atoms with Crippen molar-refractivity contribution in [2.45, 2.75) is 44.3 Å². The van der Waals surface area contributed by atoms with Gasteiger partial charge in [-0.05, 0) is 43.9 Å². The van der Waals surface area contributed by atoms with E-state index in [1.165, 1.54) is 0 Å². The van der Waals surface area contributed by atoms with Gasteiger partial charge in [0, 0.05) is 4.47 Å². The number of benzene rings is 1. The molecule has 3 unspecified atom stereocenters. The van der Waals surface area contributed by atoms with Crippen LogP contribution < -0.4 is 0 Å². The van der Waals surface area contributed by atoms with Gasteiger partial charge in [0.2, 0.25) is 0 Å². The smallest absolute Gasteiger partial charge is 0.311 e. The fourth-order valence-corrected chi connectivity index (χ4v) is 2.66. The van der Waals surface area contributed by atoms with Gasteiger partial charge in [-0.1, -0.05) is 28.1 Å². The Morgan fingerprint density at radius 3 is 2.61 bits per heavy atom. The number of hydrogen-bond donors (Lipinski definition) is 1. The van der Waals surface area contributed by atoms with Crippen LogP contribution in [0.25, 0.3) is 0 Å². The topological polar surface area (TPSA) is 46.5 Å². The zero-order valence-electron chi connectivity index (χ0n) is 10.3. The lowest BCUT2D eigenvalue weighted by atomic mass is 9.92. The first-order valence-electron chi connectivity index (χ1n) is 6.20. The van der Waals surface area contributed by atoms with Crippen molar-refractivity contribution in [2.75, 3.05) is 0 Å². The number of rotatable bonds is 4. The van der Waals surface area contributed by atoms with Crippen LogP contribution in [-0.2, 0) is 9.53 Å². The molecule has 0 radical (unpaired) electrons. The fraction of sp³-hybridized carbons (Fsp3) is 0.500. The normalized spacial score (nSPS) is 25.0. The van der Waals surface area contributed by atoms with Gasteiger partial charge in [0.1, 0.15) is 0 Å². The van der Waals surface area contributed by atoms with Crippen molar-refractivity contribution >= 4 is 21.9 Å². The van der Waals surface area contributed by atoms with E-state index in [0.717, 1.165) is 22.9 Å². The van der Waals surface area contributed by atoms with Gasteiger partial charge in [0.05, 0.1) is 18.1 Å². The number of ether oxygens (including phenoxy) is 1. The highest BCUT2D eigenvalue weighted by molar-refractivity contribution is 9.10. The van der Waals surface area contributed by atoms with Gasteiger partial charge in [-0.15, -0.1) is 0 Å². The molecule has 0 bridgehead atoms. The minimum Gasteiger partial charge on any atom is -0.481 e. The van der Waals surface area contributed by atoms with Crippen LogP contribution >= 0.6 is 15.9 Å². The molecule has 0 aliphatic carbocycles. The van der Waals surface area contributed by atoms with E-state index in [1.54, 1.807) is 0 Å². The molecule has 1 fully saturated rings. The van der Waals surface area contributed by atoms with Gasteiger partial charge in [-0.25, -0.2) is 0 Å². The summed E-state index contributed by atoms with van der Waals surface area (Å²) in [6.45, 7) is 2.04.